The molecule has 0 radical (unpaired) electrons. The normalized spacial score (nSPS) is 14.3. The third-order valence-corrected chi connectivity index (χ3v) is 4.08. The Morgan fingerprint density at radius 2 is 1.91 bits per heavy atom. The summed E-state index contributed by atoms with van der Waals surface area (Å²) in [6, 6.07) is 12.3. The predicted octanol–water partition coefficient (Wildman–Crippen LogP) is 2.70. The van der Waals surface area contributed by atoms with Crippen LogP contribution < -0.4 is 0 Å². The maximum atomic E-state index is 12.2. The van der Waals surface area contributed by atoms with Crippen molar-refractivity contribution < 1.29 is 4.79 Å². The Morgan fingerprint density at radius 3 is 2.64 bits per heavy atom. The van der Waals surface area contributed by atoms with E-state index in [0.717, 1.165) is 37.2 Å². The van der Waals surface area contributed by atoms with E-state index < -0.39 is 0 Å². The van der Waals surface area contributed by atoms with Gasteiger partial charge in [-0.2, -0.15) is 5.10 Å². The van der Waals surface area contributed by atoms with Crippen LogP contribution >= 0.6 is 0 Å². The largest absolute Gasteiger partial charge is 0.326 e. The van der Waals surface area contributed by atoms with Gasteiger partial charge in [0.25, 0.3) is 0 Å². The summed E-state index contributed by atoms with van der Waals surface area (Å²) in [5, 5.41) is 4.57. The van der Waals surface area contributed by atoms with Crippen molar-refractivity contribution in [3.63, 3.8) is 0 Å². The van der Waals surface area contributed by atoms with E-state index in [-0.39, 0.29) is 6.03 Å². The van der Waals surface area contributed by atoms with Crippen LogP contribution in [0.15, 0.2) is 42.6 Å². The van der Waals surface area contributed by atoms with Gasteiger partial charge >= 0.3 is 6.03 Å². The summed E-state index contributed by atoms with van der Waals surface area (Å²) in [7, 11) is 1.86. The van der Waals surface area contributed by atoms with Crippen LogP contribution in [0.1, 0.15) is 12.8 Å². The number of hydrogen-bond acceptors (Lipinski definition) is 2. The fourth-order valence-corrected chi connectivity index (χ4v) is 2.75. The van der Waals surface area contributed by atoms with Crippen molar-refractivity contribution in [3.8, 4) is 11.3 Å². The molecule has 0 bridgehead atoms. The number of carbonyl (C=O) groups is 1. The van der Waals surface area contributed by atoms with E-state index in [2.05, 4.69) is 17.2 Å². The summed E-state index contributed by atoms with van der Waals surface area (Å²) in [4.78, 5) is 15.9. The van der Waals surface area contributed by atoms with Crippen LogP contribution in [-0.2, 0) is 6.54 Å². The maximum Gasteiger partial charge on any atom is 0.319 e. The van der Waals surface area contributed by atoms with E-state index in [9.17, 15) is 4.79 Å². The van der Waals surface area contributed by atoms with Gasteiger partial charge in [-0.05, 0) is 18.9 Å². The quantitative estimate of drug-likeness (QED) is 0.871. The average Bonchev–Trinajstić information content (AvgIpc) is 3.24. The molecule has 2 aromatic rings. The van der Waals surface area contributed by atoms with Crippen LogP contribution in [0.25, 0.3) is 11.3 Å². The number of likely N-dealkylation sites (tertiary alicyclic amines) is 1. The first kappa shape index (κ1) is 14.6. The smallest absolute Gasteiger partial charge is 0.319 e. The number of nitrogens with zero attached hydrogens (tertiary/aromatic N) is 4. The highest BCUT2D eigenvalue weighted by Crippen LogP contribution is 2.16. The van der Waals surface area contributed by atoms with Crippen LogP contribution in [0.3, 0.4) is 0 Å². The molecule has 0 unspecified atom stereocenters. The third-order valence-electron chi connectivity index (χ3n) is 4.08. The molecule has 0 spiro atoms. The number of urea groups is 1. The standard InChI is InChI=1S/C17H22N4O/c1-19(17(22)20-10-5-6-11-20)13-14-21-12-9-16(18-21)15-7-3-2-4-8-15/h2-4,7-9,12H,5-6,10-11,13-14H2,1H3. The second kappa shape index (κ2) is 6.64. The number of amides is 2. The average molecular weight is 298 g/mol. The summed E-state index contributed by atoms with van der Waals surface area (Å²) in [6.45, 7) is 3.17. The van der Waals surface area contributed by atoms with Gasteiger partial charge < -0.3 is 9.80 Å². The molecule has 0 N–H and O–H groups in total. The Hall–Kier alpha value is -2.30. The van der Waals surface area contributed by atoms with Gasteiger partial charge in [0, 0.05) is 38.4 Å². The van der Waals surface area contributed by atoms with Gasteiger partial charge in [0.05, 0.1) is 12.2 Å². The van der Waals surface area contributed by atoms with Crippen LogP contribution in [0.2, 0.25) is 0 Å². The van der Waals surface area contributed by atoms with Crippen molar-refractivity contribution in [2.75, 3.05) is 26.7 Å². The van der Waals surface area contributed by atoms with E-state index in [1.165, 1.54) is 0 Å². The van der Waals surface area contributed by atoms with Crippen LogP contribution in [0, 0.1) is 0 Å². The molecule has 1 aromatic carbocycles. The molecule has 1 aromatic heterocycles. The number of aromatic nitrogens is 2. The van der Waals surface area contributed by atoms with Gasteiger partial charge in [-0.25, -0.2) is 4.79 Å². The zero-order valence-corrected chi connectivity index (χ0v) is 13.0. The molecule has 116 valence electrons. The van der Waals surface area contributed by atoms with Gasteiger partial charge in [0.15, 0.2) is 0 Å². The summed E-state index contributed by atoms with van der Waals surface area (Å²) in [5.41, 5.74) is 2.08. The van der Waals surface area contributed by atoms with Crippen LogP contribution in [0.4, 0.5) is 4.79 Å². The number of hydrogen-bond donors (Lipinski definition) is 0. The Labute approximate surface area is 131 Å². The van der Waals surface area contributed by atoms with Gasteiger partial charge in [-0.3, -0.25) is 4.68 Å². The first-order valence-corrected chi connectivity index (χ1v) is 7.83. The lowest BCUT2D eigenvalue weighted by molar-refractivity contribution is 0.171. The molecule has 1 saturated heterocycles. The zero-order valence-electron chi connectivity index (χ0n) is 13.0. The number of benzene rings is 1. The lowest BCUT2D eigenvalue weighted by Gasteiger charge is -2.24. The lowest BCUT2D eigenvalue weighted by atomic mass is 10.2. The number of rotatable bonds is 4. The molecular weight excluding hydrogens is 276 g/mol. The van der Waals surface area contributed by atoms with Crippen LogP contribution in [-0.4, -0.2) is 52.3 Å². The fraction of sp³-hybridized carbons (Fsp3) is 0.412. The fourth-order valence-electron chi connectivity index (χ4n) is 2.75. The van der Waals surface area contributed by atoms with Crippen molar-refractivity contribution in [2.45, 2.75) is 19.4 Å². The molecule has 1 aliphatic heterocycles. The minimum absolute atomic E-state index is 0.132. The van der Waals surface area contributed by atoms with Gasteiger partial charge in [0.1, 0.15) is 0 Å². The topological polar surface area (TPSA) is 41.4 Å². The molecule has 1 aliphatic rings. The third kappa shape index (κ3) is 3.30. The molecule has 5 nitrogen and oxygen atoms in total. The SMILES string of the molecule is CN(CCn1ccc(-c2ccccc2)n1)C(=O)N1CCCC1. The lowest BCUT2D eigenvalue weighted by Crippen LogP contribution is -2.40. The zero-order chi connectivity index (χ0) is 15.4. The summed E-state index contributed by atoms with van der Waals surface area (Å²) in [5.74, 6) is 0. The maximum absolute atomic E-state index is 12.2. The highest BCUT2D eigenvalue weighted by Gasteiger charge is 2.20. The minimum Gasteiger partial charge on any atom is -0.326 e. The monoisotopic (exact) mass is 298 g/mol. The first-order valence-electron chi connectivity index (χ1n) is 7.83. The summed E-state index contributed by atoms with van der Waals surface area (Å²) >= 11 is 0. The Kier molecular flexibility index (Phi) is 4.42. The Bertz CT molecular complexity index is 617. The Balaban J connectivity index is 1.55. The molecule has 0 aliphatic carbocycles. The molecular formula is C17H22N4O. The summed E-state index contributed by atoms with van der Waals surface area (Å²) in [6.07, 6.45) is 4.22. The van der Waals surface area contributed by atoms with Crippen molar-refractivity contribution in [1.82, 2.24) is 19.6 Å². The van der Waals surface area contributed by atoms with E-state index in [0.29, 0.717) is 13.1 Å². The molecule has 22 heavy (non-hydrogen) atoms. The molecule has 1 fully saturated rings. The predicted molar refractivity (Wildman–Crippen MR) is 86.5 cm³/mol. The molecule has 2 amide bonds. The van der Waals surface area contributed by atoms with Gasteiger partial charge in [-0.1, -0.05) is 30.3 Å². The van der Waals surface area contributed by atoms with Crippen LogP contribution in [0.5, 0.6) is 0 Å². The van der Waals surface area contributed by atoms with Crippen molar-refractivity contribution in [1.29, 1.82) is 0 Å². The second-order valence-electron chi connectivity index (χ2n) is 5.73. The highest BCUT2D eigenvalue weighted by molar-refractivity contribution is 5.74. The van der Waals surface area contributed by atoms with E-state index in [1.54, 1.807) is 4.90 Å². The summed E-state index contributed by atoms with van der Waals surface area (Å²) < 4.78 is 1.90. The first-order chi connectivity index (χ1) is 10.7. The van der Waals surface area contributed by atoms with Crippen molar-refractivity contribution >= 4 is 6.03 Å². The molecule has 3 rings (SSSR count). The molecule has 0 saturated carbocycles. The van der Waals surface area contributed by atoms with Crippen molar-refractivity contribution in [3.05, 3.63) is 42.6 Å². The second-order valence-corrected chi connectivity index (χ2v) is 5.73. The van der Waals surface area contributed by atoms with E-state index in [1.807, 2.05) is 47.1 Å². The minimum atomic E-state index is 0.132. The van der Waals surface area contributed by atoms with Gasteiger partial charge in [0.2, 0.25) is 0 Å². The van der Waals surface area contributed by atoms with Gasteiger partial charge in [-0.15, -0.1) is 0 Å². The van der Waals surface area contributed by atoms with E-state index >= 15 is 0 Å². The highest BCUT2D eigenvalue weighted by atomic mass is 16.2. The molecule has 2 heterocycles. The number of likely N-dealkylation sites (N-methyl/N-ethyl adjacent to an activating group) is 1. The Morgan fingerprint density at radius 1 is 1.18 bits per heavy atom. The van der Waals surface area contributed by atoms with Crippen molar-refractivity contribution in [2.24, 2.45) is 0 Å². The molecule has 5 heteroatoms. The molecule has 0 atom stereocenters. The van der Waals surface area contributed by atoms with E-state index in [4.69, 9.17) is 0 Å². The number of carbonyl (C=O) groups excluding carboxylic acids is 1.